The fourth-order valence-corrected chi connectivity index (χ4v) is 1.10. The molecule has 0 aliphatic heterocycles. The molecule has 0 aliphatic carbocycles. The molecule has 1 aromatic heterocycles. The van der Waals surface area contributed by atoms with E-state index in [1.165, 1.54) is 5.56 Å². The first-order valence-electron chi connectivity index (χ1n) is 5.00. The normalized spacial score (nSPS) is 9.27. The fraction of sp³-hybridized carbons (Fsp3) is 0.273. The van der Waals surface area contributed by atoms with Crippen LogP contribution >= 0.6 is 0 Å². The molecule has 0 saturated heterocycles. The first kappa shape index (κ1) is 11.2. The van der Waals surface area contributed by atoms with Gasteiger partial charge in [0.05, 0.1) is 11.9 Å². The van der Waals surface area contributed by atoms with E-state index >= 15 is 0 Å². The van der Waals surface area contributed by atoms with Gasteiger partial charge in [0.1, 0.15) is 0 Å². The zero-order valence-corrected chi connectivity index (χ0v) is 9.31. The molecule has 1 heterocycles. The zero-order valence-electron chi connectivity index (χ0n) is 9.31. The van der Waals surface area contributed by atoms with Crippen molar-refractivity contribution in [3.63, 3.8) is 0 Å². The summed E-state index contributed by atoms with van der Waals surface area (Å²) in [5, 5.41) is 7.56. The van der Waals surface area contributed by atoms with E-state index in [0.29, 0.717) is 5.82 Å². The largest absolute Gasteiger partial charge is 0.381 e. The van der Waals surface area contributed by atoms with E-state index in [4.69, 9.17) is 5.73 Å². The lowest BCUT2D eigenvalue weighted by Gasteiger charge is -1.98. The Kier molecular flexibility index (Phi) is 3.85. The number of nitrogen functional groups attached to an aromatic ring is 1. The van der Waals surface area contributed by atoms with Crippen LogP contribution in [0.4, 0.5) is 5.82 Å². The molecule has 0 unspecified atom stereocenters. The Hall–Kier alpha value is -1.84. The summed E-state index contributed by atoms with van der Waals surface area (Å²) in [6.07, 6.45) is 1.69. The highest BCUT2D eigenvalue weighted by molar-refractivity contribution is 5.35. The smallest absolute Gasteiger partial charge is 0.166 e. The Balaban J connectivity index is 0.000000531. The summed E-state index contributed by atoms with van der Waals surface area (Å²) < 4.78 is 1.65. The number of aryl methyl sites for hydroxylation is 1. The van der Waals surface area contributed by atoms with Crippen LogP contribution in [0.2, 0.25) is 0 Å². The number of nitrogens with two attached hydrogens (primary N) is 1. The predicted molar refractivity (Wildman–Crippen MR) is 61.9 cm³/mol. The van der Waals surface area contributed by atoms with Crippen molar-refractivity contribution < 1.29 is 0 Å². The molecule has 0 amide bonds. The van der Waals surface area contributed by atoms with Gasteiger partial charge in [-0.1, -0.05) is 36.8 Å². The molecule has 0 radical (unpaired) electrons. The Morgan fingerprint density at radius 2 is 1.73 bits per heavy atom. The maximum atomic E-state index is 5.45. The van der Waals surface area contributed by atoms with E-state index in [9.17, 15) is 0 Å². The van der Waals surface area contributed by atoms with Crippen LogP contribution in [0.1, 0.15) is 19.4 Å². The maximum Gasteiger partial charge on any atom is 0.166 e. The van der Waals surface area contributed by atoms with Gasteiger partial charge < -0.3 is 5.73 Å². The topological polar surface area (TPSA) is 56.7 Å². The van der Waals surface area contributed by atoms with Crippen molar-refractivity contribution in [3.05, 3.63) is 36.0 Å². The van der Waals surface area contributed by atoms with E-state index in [1.807, 2.05) is 45.0 Å². The third-order valence-electron chi connectivity index (χ3n) is 1.81. The fourth-order valence-electron chi connectivity index (χ4n) is 1.10. The summed E-state index contributed by atoms with van der Waals surface area (Å²) in [7, 11) is 0. The van der Waals surface area contributed by atoms with Crippen LogP contribution in [0.25, 0.3) is 5.69 Å². The molecule has 0 aliphatic rings. The standard InChI is InChI=1S/C9H10N4.C2H6/c1-7-2-4-8(5-3-7)13-6-9(10)11-12-13;1-2/h2-6H,10H2,1H3;1-2H3. The van der Waals surface area contributed by atoms with Crippen molar-refractivity contribution in [2.24, 2.45) is 0 Å². The number of benzene rings is 1. The van der Waals surface area contributed by atoms with Crippen LogP contribution in [-0.4, -0.2) is 15.0 Å². The average molecular weight is 204 g/mol. The van der Waals surface area contributed by atoms with Gasteiger partial charge in [0.15, 0.2) is 5.82 Å². The number of aromatic nitrogens is 3. The first-order chi connectivity index (χ1) is 7.25. The lowest BCUT2D eigenvalue weighted by molar-refractivity contribution is 0.804. The summed E-state index contributed by atoms with van der Waals surface area (Å²) in [6, 6.07) is 7.99. The Morgan fingerprint density at radius 1 is 1.13 bits per heavy atom. The van der Waals surface area contributed by atoms with Gasteiger partial charge in [-0.2, -0.15) is 0 Å². The summed E-state index contributed by atoms with van der Waals surface area (Å²) >= 11 is 0. The van der Waals surface area contributed by atoms with Gasteiger partial charge in [-0.25, -0.2) is 4.68 Å². The van der Waals surface area contributed by atoms with E-state index in [2.05, 4.69) is 10.3 Å². The SMILES string of the molecule is CC.Cc1ccc(-n2cc(N)nn2)cc1. The van der Waals surface area contributed by atoms with E-state index < -0.39 is 0 Å². The van der Waals surface area contributed by atoms with Crippen LogP contribution in [0.3, 0.4) is 0 Å². The van der Waals surface area contributed by atoms with E-state index in [0.717, 1.165) is 5.69 Å². The third-order valence-corrected chi connectivity index (χ3v) is 1.81. The molecule has 0 fully saturated rings. The molecule has 1 aromatic carbocycles. The second-order valence-electron chi connectivity index (χ2n) is 2.92. The van der Waals surface area contributed by atoms with Crippen molar-refractivity contribution in [3.8, 4) is 5.69 Å². The molecule has 2 aromatic rings. The van der Waals surface area contributed by atoms with Crippen molar-refractivity contribution in [1.82, 2.24) is 15.0 Å². The van der Waals surface area contributed by atoms with Gasteiger partial charge in [-0.15, -0.1) is 5.10 Å². The molecule has 80 valence electrons. The molecule has 2 rings (SSSR count). The molecule has 0 bridgehead atoms. The Morgan fingerprint density at radius 3 is 2.20 bits per heavy atom. The molecule has 4 nitrogen and oxygen atoms in total. The van der Waals surface area contributed by atoms with Crippen LogP contribution < -0.4 is 5.73 Å². The quantitative estimate of drug-likeness (QED) is 0.774. The van der Waals surface area contributed by atoms with E-state index in [1.54, 1.807) is 10.9 Å². The number of rotatable bonds is 1. The summed E-state index contributed by atoms with van der Waals surface area (Å²) in [6.45, 7) is 6.04. The molecular formula is C11H16N4. The number of anilines is 1. The lowest BCUT2D eigenvalue weighted by Crippen LogP contribution is -1.94. The maximum absolute atomic E-state index is 5.45. The van der Waals surface area contributed by atoms with Crippen LogP contribution in [0.15, 0.2) is 30.5 Å². The Labute approximate surface area is 89.7 Å². The second kappa shape index (κ2) is 5.14. The number of hydrogen-bond acceptors (Lipinski definition) is 3. The molecule has 15 heavy (non-hydrogen) atoms. The van der Waals surface area contributed by atoms with E-state index in [-0.39, 0.29) is 0 Å². The average Bonchev–Trinajstić information content (AvgIpc) is 2.69. The molecular weight excluding hydrogens is 188 g/mol. The number of hydrogen-bond donors (Lipinski definition) is 1. The third kappa shape index (κ3) is 2.80. The van der Waals surface area contributed by atoms with Gasteiger partial charge in [0.25, 0.3) is 0 Å². The molecule has 0 spiro atoms. The highest BCUT2D eigenvalue weighted by Gasteiger charge is 1.97. The minimum Gasteiger partial charge on any atom is -0.381 e. The summed E-state index contributed by atoms with van der Waals surface area (Å²) in [5.41, 5.74) is 7.64. The van der Waals surface area contributed by atoms with Gasteiger partial charge in [-0.3, -0.25) is 0 Å². The van der Waals surface area contributed by atoms with Crippen LogP contribution in [-0.2, 0) is 0 Å². The highest BCUT2D eigenvalue weighted by Crippen LogP contribution is 2.08. The Bertz CT molecular complexity index is 403. The minimum absolute atomic E-state index is 0.431. The summed E-state index contributed by atoms with van der Waals surface area (Å²) in [5.74, 6) is 0.431. The monoisotopic (exact) mass is 204 g/mol. The second-order valence-corrected chi connectivity index (χ2v) is 2.92. The summed E-state index contributed by atoms with van der Waals surface area (Å²) in [4.78, 5) is 0. The van der Waals surface area contributed by atoms with Crippen molar-refractivity contribution >= 4 is 5.82 Å². The molecule has 0 atom stereocenters. The predicted octanol–water partition coefficient (Wildman–Crippen LogP) is 2.18. The van der Waals surface area contributed by atoms with Gasteiger partial charge in [-0.05, 0) is 19.1 Å². The molecule has 4 heteroatoms. The van der Waals surface area contributed by atoms with Gasteiger partial charge >= 0.3 is 0 Å². The zero-order chi connectivity index (χ0) is 11.3. The van der Waals surface area contributed by atoms with Gasteiger partial charge in [0, 0.05) is 0 Å². The van der Waals surface area contributed by atoms with Crippen molar-refractivity contribution in [2.45, 2.75) is 20.8 Å². The van der Waals surface area contributed by atoms with Gasteiger partial charge in [0.2, 0.25) is 0 Å². The van der Waals surface area contributed by atoms with Crippen molar-refractivity contribution in [1.29, 1.82) is 0 Å². The van der Waals surface area contributed by atoms with Crippen LogP contribution in [0, 0.1) is 6.92 Å². The molecule has 0 saturated carbocycles. The minimum atomic E-state index is 0.431. The number of nitrogens with zero attached hydrogens (tertiary/aromatic N) is 3. The van der Waals surface area contributed by atoms with Crippen LogP contribution in [0.5, 0.6) is 0 Å². The molecule has 2 N–H and O–H groups in total. The first-order valence-corrected chi connectivity index (χ1v) is 5.00. The lowest BCUT2D eigenvalue weighted by atomic mass is 10.2. The van der Waals surface area contributed by atoms with Crippen molar-refractivity contribution in [2.75, 3.05) is 5.73 Å². The highest BCUT2D eigenvalue weighted by atomic mass is 15.4.